The molecule has 0 saturated heterocycles. The Morgan fingerprint density at radius 3 is 0.932 bits per heavy atom. The van der Waals surface area contributed by atoms with E-state index in [1.54, 1.807) is 0 Å². The summed E-state index contributed by atoms with van der Waals surface area (Å²) in [5.74, 6) is -4.69. The first-order valence-electron chi connectivity index (χ1n) is 11.4. The summed E-state index contributed by atoms with van der Waals surface area (Å²) in [6.45, 7) is 0. The van der Waals surface area contributed by atoms with E-state index in [2.05, 4.69) is 0 Å². The van der Waals surface area contributed by atoms with Gasteiger partial charge in [0.2, 0.25) is 0 Å². The van der Waals surface area contributed by atoms with E-state index in [1.165, 1.54) is 54.6 Å². The van der Waals surface area contributed by atoms with E-state index < -0.39 is 64.0 Å². The molecule has 3 rings (SSSR count). The van der Waals surface area contributed by atoms with Gasteiger partial charge in [0.25, 0.3) is 16.8 Å². The van der Waals surface area contributed by atoms with Gasteiger partial charge in [0.1, 0.15) is 6.07 Å². The molecule has 3 aromatic rings. The highest BCUT2D eigenvalue weighted by Gasteiger charge is 2.62. The molecule has 3 aromatic carbocycles. The molecule has 0 amide bonds. The summed E-state index contributed by atoms with van der Waals surface area (Å²) in [4.78, 5) is 21.0. The van der Waals surface area contributed by atoms with Crippen LogP contribution in [-0.4, -0.2) is 56.0 Å². The molecule has 1 unspecified atom stereocenters. The van der Waals surface area contributed by atoms with Crippen LogP contribution in [0.25, 0.3) is 0 Å². The lowest BCUT2D eigenvalue weighted by molar-refractivity contribution is -0.266. The quantitative estimate of drug-likeness (QED) is 0.192. The summed E-state index contributed by atoms with van der Waals surface area (Å²) in [7, 11) is 0. The number of nitrogens with zero attached hydrogens (tertiary/aromatic N) is 1. The van der Waals surface area contributed by atoms with Crippen LogP contribution in [0.15, 0.2) is 91.0 Å². The van der Waals surface area contributed by atoms with Gasteiger partial charge in [-0.05, 0) is 0 Å². The van der Waals surface area contributed by atoms with Crippen LogP contribution in [-0.2, 0) is 26.4 Å². The Labute approximate surface area is 241 Å². The third-order valence-corrected chi connectivity index (χ3v) is 5.59. The van der Waals surface area contributed by atoms with Crippen LogP contribution in [0.5, 0.6) is 0 Å². The second-order valence-corrected chi connectivity index (χ2v) is 8.44. The highest BCUT2D eigenvalue weighted by atomic mass is 19.4. The number of carboxylic acids is 2. The summed E-state index contributed by atoms with van der Waals surface area (Å²) in [5.41, 5.74) is -13.0. The van der Waals surface area contributed by atoms with Gasteiger partial charge in [0.15, 0.2) is 0 Å². The van der Waals surface area contributed by atoms with Crippen LogP contribution in [0.1, 0.15) is 16.7 Å². The van der Waals surface area contributed by atoms with Crippen LogP contribution < -0.4 is 0 Å². The van der Waals surface area contributed by atoms with Crippen molar-refractivity contribution in [2.45, 2.75) is 35.3 Å². The zero-order valence-electron chi connectivity index (χ0n) is 21.6. The van der Waals surface area contributed by atoms with Crippen LogP contribution in [0.2, 0.25) is 0 Å². The smallest absolute Gasteiger partial charge is 0.435 e. The Morgan fingerprint density at radius 2 is 0.750 bits per heavy atom. The molecular formula is C27H20F9NO7. The Bertz CT molecular complexity index is 1350. The third kappa shape index (κ3) is 7.83. The number of carbonyl (C=O) groups is 2. The van der Waals surface area contributed by atoms with E-state index >= 15 is 0 Å². The topological polar surface area (TPSA) is 159 Å². The maximum absolute atomic E-state index is 12.4. The Kier molecular flexibility index (Phi) is 11.7. The first-order valence-corrected chi connectivity index (χ1v) is 11.4. The van der Waals surface area contributed by atoms with Crippen molar-refractivity contribution in [3.05, 3.63) is 108 Å². The van der Waals surface area contributed by atoms with Crippen LogP contribution >= 0.6 is 0 Å². The lowest BCUT2D eigenvalue weighted by Crippen LogP contribution is -2.49. The fourth-order valence-corrected chi connectivity index (χ4v) is 3.15. The van der Waals surface area contributed by atoms with Crippen molar-refractivity contribution >= 4 is 11.9 Å². The van der Waals surface area contributed by atoms with E-state index in [0.29, 0.717) is 0 Å². The van der Waals surface area contributed by atoms with E-state index in [-0.39, 0.29) is 0 Å². The number of rotatable bonds is 5. The molecule has 0 aromatic heterocycles. The summed E-state index contributed by atoms with van der Waals surface area (Å²) >= 11 is 0. The largest absolute Gasteiger partial charge is 0.479 e. The first-order chi connectivity index (χ1) is 20.0. The van der Waals surface area contributed by atoms with Gasteiger partial charge in [0, 0.05) is 16.7 Å². The monoisotopic (exact) mass is 641 g/mol. The van der Waals surface area contributed by atoms with Gasteiger partial charge in [-0.1, -0.05) is 91.0 Å². The number of benzene rings is 3. The van der Waals surface area contributed by atoms with E-state index in [4.69, 9.17) is 20.6 Å². The third-order valence-electron chi connectivity index (χ3n) is 5.59. The van der Waals surface area contributed by atoms with Gasteiger partial charge in [-0.15, -0.1) is 0 Å². The second kappa shape index (κ2) is 13.8. The first kappa shape index (κ1) is 37.4. The molecule has 238 valence electrons. The summed E-state index contributed by atoms with van der Waals surface area (Å²) < 4.78 is 111. The molecule has 17 heteroatoms. The molecule has 0 radical (unpaired) electrons. The Hall–Kier alpha value is -4.66. The van der Waals surface area contributed by atoms with E-state index in [9.17, 15) is 59.3 Å². The number of alkyl halides is 9. The van der Waals surface area contributed by atoms with Crippen LogP contribution in [0, 0.1) is 11.3 Å². The standard InChI is InChI=1S/C9H6F3NO.2C9H7F3O3/c10-9(11,12)8(14,6-13)7-4-2-1-3-5-7;2*10-9(11,12)8(15,7(13)14)6-4-2-1-3-5-6/h1-5,14H;2*1-5,15H,(H,13,14)/t;2*8-/m.10/s1. The maximum atomic E-state index is 12.4. The van der Waals surface area contributed by atoms with Crippen molar-refractivity contribution < 1.29 is 74.6 Å². The van der Waals surface area contributed by atoms with Crippen LogP contribution in [0.4, 0.5) is 39.5 Å². The van der Waals surface area contributed by atoms with Crippen molar-refractivity contribution in [3.63, 3.8) is 0 Å². The van der Waals surface area contributed by atoms with Gasteiger partial charge >= 0.3 is 30.5 Å². The second-order valence-electron chi connectivity index (χ2n) is 8.44. The summed E-state index contributed by atoms with van der Waals surface area (Å²) in [6.07, 6.45) is -15.5. The molecule has 5 N–H and O–H groups in total. The van der Waals surface area contributed by atoms with Gasteiger partial charge in [-0.3, -0.25) is 0 Å². The lowest BCUT2D eigenvalue weighted by Gasteiger charge is -2.26. The Balaban J connectivity index is 0.000000330. The molecule has 44 heavy (non-hydrogen) atoms. The van der Waals surface area contributed by atoms with Gasteiger partial charge in [-0.25, -0.2) is 9.59 Å². The number of nitriles is 1. The molecule has 0 heterocycles. The van der Waals surface area contributed by atoms with Gasteiger partial charge in [-0.2, -0.15) is 44.8 Å². The molecule has 0 spiro atoms. The molecule has 0 saturated carbocycles. The number of carboxylic acid groups (broad SMARTS) is 2. The molecule has 0 aliphatic rings. The fraction of sp³-hybridized carbons (Fsp3) is 0.222. The molecule has 0 aliphatic carbocycles. The zero-order valence-corrected chi connectivity index (χ0v) is 21.6. The van der Waals surface area contributed by atoms with Gasteiger partial charge in [0.05, 0.1) is 0 Å². The summed E-state index contributed by atoms with van der Waals surface area (Å²) in [6, 6.07) is 18.4. The van der Waals surface area contributed by atoms with E-state index in [1.807, 2.05) is 0 Å². The molecule has 0 fully saturated rings. The minimum absolute atomic E-state index is 0.477. The minimum Gasteiger partial charge on any atom is -0.479 e. The number of hydrogen-bond donors (Lipinski definition) is 5. The van der Waals surface area contributed by atoms with Crippen molar-refractivity contribution in [2.75, 3.05) is 0 Å². The SMILES string of the molecule is N#CC(O)(c1ccccc1)C(F)(F)F.O=C(O)[C@@](O)(c1ccccc1)C(F)(F)F.O=C(O)[C@](O)(c1ccccc1)C(F)(F)F. The number of aliphatic hydroxyl groups is 3. The van der Waals surface area contributed by atoms with Crippen molar-refractivity contribution in [1.29, 1.82) is 5.26 Å². The normalized spacial score (nSPS) is 15.7. The lowest BCUT2D eigenvalue weighted by atomic mass is 9.93. The summed E-state index contributed by atoms with van der Waals surface area (Å²) in [5, 5.41) is 52.7. The Morgan fingerprint density at radius 1 is 0.500 bits per heavy atom. The molecule has 0 aliphatic heterocycles. The molecular weight excluding hydrogens is 621 g/mol. The van der Waals surface area contributed by atoms with Crippen LogP contribution in [0.3, 0.4) is 0 Å². The highest BCUT2D eigenvalue weighted by Crippen LogP contribution is 2.40. The number of aliphatic carboxylic acids is 2. The van der Waals surface area contributed by atoms with Crippen molar-refractivity contribution in [3.8, 4) is 6.07 Å². The number of hydrogen-bond acceptors (Lipinski definition) is 6. The van der Waals surface area contributed by atoms with Crippen molar-refractivity contribution in [1.82, 2.24) is 0 Å². The highest BCUT2D eigenvalue weighted by molar-refractivity contribution is 5.80. The van der Waals surface area contributed by atoms with Gasteiger partial charge < -0.3 is 25.5 Å². The van der Waals surface area contributed by atoms with E-state index in [0.717, 1.165) is 42.5 Å². The van der Waals surface area contributed by atoms with Crippen molar-refractivity contribution in [2.24, 2.45) is 0 Å². The predicted octanol–water partition coefficient (Wildman–Crippen LogP) is 5.00. The fourth-order valence-electron chi connectivity index (χ4n) is 3.15. The predicted molar refractivity (Wildman–Crippen MR) is 130 cm³/mol. The molecule has 3 atom stereocenters. The maximum Gasteiger partial charge on any atom is 0.435 e. The average Bonchev–Trinajstić information content (AvgIpc) is 2.95. The molecule has 8 nitrogen and oxygen atoms in total. The number of halogens is 9. The minimum atomic E-state index is -5.26. The average molecular weight is 641 g/mol. The zero-order chi connectivity index (χ0) is 34.2. The molecule has 0 bridgehead atoms.